The molecule has 1 rings (SSSR count). The monoisotopic (exact) mass is 360 g/mol. The van der Waals surface area contributed by atoms with Crippen molar-refractivity contribution in [3.63, 3.8) is 0 Å². The lowest BCUT2D eigenvalue weighted by atomic mass is 9.95. The molecule has 1 amide bonds. The molecule has 0 aromatic heterocycles. The topological polar surface area (TPSA) is 46.3 Å². The van der Waals surface area contributed by atoms with Gasteiger partial charge >= 0.3 is 0 Å². The maximum atomic E-state index is 13.2. The Labute approximate surface area is 161 Å². The Bertz CT molecular complexity index is 479. The quantitative estimate of drug-likeness (QED) is 0.429. The van der Waals surface area contributed by atoms with E-state index < -0.39 is 0 Å². The third kappa shape index (κ3) is 7.80. The first kappa shape index (κ1) is 22.5. The van der Waals surface area contributed by atoms with Crippen LogP contribution < -0.4 is 5.73 Å². The highest BCUT2D eigenvalue weighted by Crippen LogP contribution is 2.21. The molecule has 1 aromatic rings. The Kier molecular flexibility index (Phi) is 11.1. The molecule has 0 fully saturated rings. The van der Waals surface area contributed by atoms with Gasteiger partial charge in [0, 0.05) is 24.3 Å². The fraction of sp³-hybridized carbons (Fsp3) is 0.696. The van der Waals surface area contributed by atoms with E-state index in [4.69, 9.17) is 5.73 Å². The van der Waals surface area contributed by atoms with Crippen molar-refractivity contribution in [3.8, 4) is 0 Å². The molecule has 26 heavy (non-hydrogen) atoms. The highest BCUT2D eigenvalue weighted by molar-refractivity contribution is 5.94. The van der Waals surface area contributed by atoms with E-state index in [-0.39, 0.29) is 5.91 Å². The maximum absolute atomic E-state index is 13.2. The molecule has 2 N–H and O–H groups in total. The lowest BCUT2D eigenvalue weighted by Gasteiger charge is -2.31. The molecule has 0 radical (unpaired) electrons. The summed E-state index contributed by atoms with van der Waals surface area (Å²) in [7, 11) is 0. The number of carbonyl (C=O) groups is 1. The number of nitrogens with zero attached hydrogens (tertiary/aromatic N) is 1. The average Bonchev–Trinajstić information content (AvgIpc) is 2.66. The van der Waals surface area contributed by atoms with Crippen LogP contribution in [0.2, 0.25) is 0 Å². The van der Waals surface area contributed by atoms with Gasteiger partial charge in [-0.1, -0.05) is 66.2 Å². The second-order valence-corrected chi connectivity index (χ2v) is 7.67. The molecule has 0 saturated carbocycles. The van der Waals surface area contributed by atoms with Gasteiger partial charge in [-0.2, -0.15) is 0 Å². The van der Waals surface area contributed by atoms with Gasteiger partial charge in [0.25, 0.3) is 5.91 Å². The van der Waals surface area contributed by atoms with Crippen LogP contribution in [0.4, 0.5) is 5.69 Å². The first-order chi connectivity index (χ1) is 12.5. The van der Waals surface area contributed by atoms with Gasteiger partial charge in [0.2, 0.25) is 0 Å². The molecule has 0 unspecified atom stereocenters. The van der Waals surface area contributed by atoms with E-state index in [1.807, 2.05) is 24.3 Å². The average molecular weight is 361 g/mol. The van der Waals surface area contributed by atoms with E-state index in [9.17, 15) is 4.79 Å². The second-order valence-electron chi connectivity index (χ2n) is 7.67. The zero-order valence-corrected chi connectivity index (χ0v) is 17.5. The second kappa shape index (κ2) is 12.8. The van der Waals surface area contributed by atoms with Crippen molar-refractivity contribution in [2.24, 2.45) is 11.8 Å². The lowest BCUT2D eigenvalue weighted by molar-refractivity contribution is 0.0685. The van der Waals surface area contributed by atoms with Crippen LogP contribution in [-0.2, 0) is 0 Å². The van der Waals surface area contributed by atoms with E-state index in [2.05, 4.69) is 32.6 Å². The van der Waals surface area contributed by atoms with Gasteiger partial charge in [-0.25, -0.2) is 0 Å². The number of benzene rings is 1. The number of carbonyl (C=O) groups excluding carboxylic acids is 1. The number of unbranched alkanes of at least 4 members (excludes halogenated alkanes) is 2. The van der Waals surface area contributed by atoms with Gasteiger partial charge < -0.3 is 10.6 Å². The third-order valence-corrected chi connectivity index (χ3v) is 5.49. The summed E-state index contributed by atoms with van der Waals surface area (Å²) >= 11 is 0. The normalized spacial score (nSPS) is 13.4. The molecular formula is C23H40N2O. The predicted octanol–water partition coefficient (Wildman–Crippen LogP) is 6.14. The molecular weight excluding hydrogens is 320 g/mol. The summed E-state index contributed by atoms with van der Waals surface area (Å²) in [5.41, 5.74) is 7.26. The minimum absolute atomic E-state index is 0.162. The molecule has 1 aromatic carbocycles. The minimum Gasteiger partial charge on any atom is -0.399 e. The molecule has 148 valence electrons. The molecule has 0 bridgehead atoms. The molecule has 3 heteroatoms. The van der Waals surface area contributed by atoms with Crippen LogP contribution in [0.1, 0.15) is 89.4 Å². The van der Waals surface area contributed by atoms with Gasteiger partial charge in [-0.15, -0.1) is 0 Å². The van der Waals surface area contributed by atoms with Crippen LogP contribution in [0.15, 0.2) is 24.3 Å². The van der Waals surface area contributed by atoms with Crippen LogP contribution in [0.3, 0.4) is 0 Å². The fourth-order valence-corrected chi connectivity index (χ4v) is 3.51. The maximum Gasteiger partial charge on any atom is 0.253 e. The number of rotatable bonds is 13. The van der Waals surface area contributed by atoms with Gasteiger partial charge in [-0.3, -0.25) is 4.79 Å². The molecule has 0 saturated heterocycles. The van der Waals surface area contributed by atoms with Crippen molar-refractivity contribution in [2.45, 2.75) is 79.1 Å². The summed E-state index contributed by atoms with van der Waals surface area (Å²) in [6.45, 7) is 10.7. The van der Waals surface area contributed by atoms with Crippen molar-refractivity contribution in [2.75, 3.05) is 18.8 Å². The molecule has 0 spiro atoms. The third-order valence-electron chi connectivity index (χ3n) is 5.49. The van der Waals surface area contributed by atoms with Crippen LogP contribution in [0, 0.1) is 11.8 Å². The first-order valence-electron chi connectivity index (χ1n) is 10.7. The van der Waals surface area contributed by atoms with E-state index in [0.29, 0.717) is 17.5 Å². The Hall–Kier alpha value is -1.51. The van der Waals surface area contributed by atoms with E-state index >= 15 is 0 Å². The number of nitrogen functional groups attached to an aromatic ring is 1. The standard InChI is InChI=1S/C23H40N2O/c1-5-9-11-19(7-3)17-25(18-20(8-4)12-10-6-2)23(26)21-13-15-22(24)16-14-21/h13-16,19-20H,5-12,17-18,24H2,1-4H3/t19-,20+. The SMILES string of the molecule is CCCC[C@@H](CC)CN(C[C@@H](CC)CCCC)C(=O)c1ccc(N)cc1. The zero-order chi connectivity index (χ0) is 19.4. The van der Waals surface area contributed by atoms with Gasteiger partial charge in [0.15, 0.2) is 0 Å². The number of hydrogen-bond acceptors (Lipinski definition) is 2. The van der Waals surface area contributed by atoms with E-state index in [1.54, 1.807) is 0 Å². The highest BCUT2D eigenvalue weighted by atomic mass is 16.2. The zero-order valence-electron chi connectivity index (χ0n) is 17.5. The predicted molar refractivity (Wildman–Crippen MR) is 113 cm³/mol. The minimum atomic E-state index is 0.162. The molecule has 2 atom stereocenters. The fourth-order valence-electron chi connectivity index (χ4n) is 3.51. The summed E-state index contributed by atoms with van der Waals surface area (Å²) in [6, 6.07) is 7.39. The molecule has 0 aliphatic rings. The summed E-state index contributed by atoms with van der Waals surface area (Å²) < 4.78 is 0. The van der Waals surface area contributed by atoms with Crippen LogP contribution in [0.25, 0.3) is 0 Å². The number of anilines is 1. The Balaban J connectivity index is 2.91. The Morgan fingerprint density at radius 3 is 1.73 bits per heavy atom. The lowest BCUT2D eigenvalue weighted by Crippen LogP contribution is -2.39. The van der Waals surface area contributed by atoms with Crippen LogP contribution in [0.5, 0.6) is 0 Å². The van der Waals surface area contributed by atoms with Crippen molar-refractivity contribution < 1.29 is 4.79 Å². The number of amides is 1. The van der Waals surface area contributed by atoms with E-state index in [0.717, 1.165) is 31.5 Å². The highest BCUT2D eigenvalue weighted by Gasteiger charge is 2.22. The molecule has 0 aliphatic carbocycles. The number of hydrogen-bond donors (Lipinski definition) is 1. The van der Waals surface area contributed by atoms with Gasteiger partial charge in [0.05, 0.1) is 0 Å². The molecule has 0 aliphatic heterocycles. The van der Waals surface area contributed by atoms with Gasteiger partial charge in [0.1, 0.15) is 0 Å². The van der Waals surface area contributed by atoms with Crippen LogP contribution >= 0.6 is 0 Å². The Morgan fingerprint density at radius 2 is 1.35 bits per heavy atom. The molecule has 3 nitrogen and oxygen atoms in total. The summed E-state index contributed by atoms with van der Waals surface area (Å²) in [6.07, 6.45) is 9.63. The largest absolute Gasteiger partial charge is 0.399 e. The smallest absolute Gasteiger partial charge is 0.253 e. The van der Waals surface area contributed by atoms with Crippen molar-refractivity contribution in [1.29, 1.82) is 0 Å². The van der Waals surface area contributed by atoms with Crippen molar-refractivity contribution >= 4 is 11.6 Å². The van der Waals surface area contributed by atoms with Crippen molar-refractivity contribution in [3.05, 3.63) is 29.8 Å². The van der Waals surface area contributed by atoms with E-state index in [1.165, 1.54) is 38.5 Å². The summed E-state index contributed by atoms with van der Waals surface area (Å²) in [4.78, 5) is 15.3. The summed E-state index contributed by atoms with van der Waals surface area (Å²) in [5, 5.41) is 0. The first-order valence-corrected chi connectivity index (χ1v) is 10.7. The van der Waals surface area contributed by atoms with Crippen molar-refractivity contribution in [1.82, 2.24) is 4.90 Å². The van der Waals surface area contributed by atoms with Crippen LogP contribution in [-0.4, -0.2) is 23.9 Å². The summed E-state index contributed by atoms with van der Waals surface area (Å²) in [5.74, 6) is 1.35. The van der Waals surface area contributed by atoms with Gasteiger partial charge in [-0.05, 0) is 48.9 Å². The molecule has 0 heterocycles. The number of nitrogens with two attached hydrogens (primary N) is 1. The Morgan fingerprint density at radius 1 is 0.885 bits per heavy atom.